The number of fused-ring (bicyclic) bond motifs is 1. The van der Waals surface area contributed by atoms with Crippen molar-refractivity contribution in [3.63, 3.8) is 0 Å². The molecule has 4 aromatic rings. The first-order chi connectivity index (χ1) is 9.92. The predicted molar refractivity (Wildman–Crippen MR) is 80.4 cm³/mol. The second-order valence-electron chi connectivity index (χ2n) is 4.42. The van der Waals surface area contributed by atoms with Crippen LogP contribution in [0.15, 0.2) is 54.3 Å². The van der Waals surface area contributed by atoms with Gasteiger partial charge < -0.3 is 0 Å². The van der Waals surface area contributed by atoms with Crippen LogP contribution in [0.1, 0.15) is 0 Å². The number of rotatable bonds is 2. The molecule has 96 valence electrons. The third-order valence-corrected chi connectivity index (χ3v) is 3.97. The highest BCUT2D eigenvalue weighted by atomic mass is 32.1. The number of hydrogen-bond acceptors (Lipinski definition) is 4. The van der Waals surface area contributed by atoms with E-state index in [1.165, 1.54) is 0 Å². The zero-order valence-electron chi connectivity index (χ0n) is 10.4. The van der Waals surface area contributed by atoms with Crippen molar-refractivity contribution in [3.05, 3.63) is 54.3 Å². The maximum absolute atomic E-state index is 4.46. The third kappa shape index (κ3) is 1.80. The monoisotopic (exact) mass is 278 g/mol. The van der Waals surface area contributed by atoms with E-state index in [1.54, 1.807) is 11.3 Å². The number of H-pyrrole nitrogens is 1. The zero-order chi connectivity index (χ0) is 13.4. The molecule has 3 aromatic heterocycles. The second kappa shape index (κ2) is 4.54. The first-order valence-electron chi connectivity index (χ1n) is 6.20. The van der Waals surface area contributed by atoms with Crippen LogP contribution in [0.5, 0.6) is 0 Å². The van der Waals surface area contributed by atoms with Crippen LogP contribution in [-0.4, -0.2) is 20.2 Å². The molecule has 0 atom stereocenters. The fraction of sp³-hybridized carbons (Fsp3) is 0. The minimum absolute atomic E-state index is 0.929. The topological polar surface area (TPSA) is 54.5 Å². The summed E-state index contributed by atoms with van der Waals surface area (Å²) in [5.74, 6) is 0. The lowest BCUT2D eigenvalue weighted by Crippen LogP contribution is -1.81. The molecule has 3 heterocycles. The quantitative estimate of drug-likeness (QED) is 0.607. The van der Waals surface area contributed by atoms with E-state index in [0.29, 0.717) is 0 Å². The van der Waals surface area contributed by atoms with Gasteiger partial charge in [-0.3, -0.25) is 15.1 Å². The van der Waals surface area contributed by atoms with Crippen molar-refractivity contribution in [1.29, 1.82) is 0 Å². The van der Waals surface area contributed by atoms with Gasteiger partial charge in [-0.05, 0) is 6.07 Å². The van der Waals surface area contributed by atoms with Crippen LogP contribution in [0, 0.1) is 0 Å². The molecule has 1 aromatic carbocycles. The van der Waals surface area contributed by atoms with Crippen molar-refractivity contribution >= 4 is 22.2 Å². The molecule has 20 heavy (non-hydrogen) atoms. The van der Waals surface area contributed by atoms with E-state index in [1.807, 2.05) is 36.1 Å². The Hall–Kier alpha value is -2.53. The summed E-state index contributed by atoms with van der Waals surface area (Å²) < 4.78 is 0. The number of nitrogens with one attached hydrogen (secondary N) is 1. The van der Waals surface area contributed by atoms with Crippen molar-refractivity contribution in [2.24, 2.45) is 0 Å². The van der Waals surface area contributed by atoms with E-state index in [2.05, 4.69) is 38.4 Å². The maximum atomic E-state index is 4.46. The largest absolute Gasteiger partial charge is 0.276 e. The van der Waals surface area contributed by atoms with E-state index in [-0.39, 0.29) is 0 Å². The highest BCUT2D eigenvalue weighted by molar-refractivity contribution is 7.13. The first-order valence-corrected chi connectivity index (χ1v) is 7.08. The van der Waals surface area contributed by atoms with Gasteiger partial charge in [0.05, 0.1) is 27.8 Å². The van der Waals surface area contributed by atoms with Gasteiger partial charge >= 0.3 is 0 Å². The summed E-state index contributed by atoms with van der Waals surface area (Å²) in [7, 11) is 0. The highest BCUT2D eigenvalue weighted by Gasteiger charge is 2.10. The molecule has 0 unspecified atom stereocenters. The molecular formula is C15H10N4S. The van der Waals surface area contributed by atoms with Gasteiger partial charge in [0.1, 0.15) is 5.69 Å². The van der Waals surface area contributed by atoms with E-state index in [0.717, 1.165) is 32.7 Å². The van der Waals surface area contributed by atoms with E-state index >= 15 is 0 Å². The van der Waals surface area contributed by atoms with Crippen LogP contribution in [0.4, 0.5) is 0 Å². The summed E-state index contributed by atoms with van der Waals surface area (Å²) in [6.45, 7) is 0. The van der Waals surface area contributed by atoms with Gasteiger partial charge in [0.15, 0.2) is 0 Å². The minimum Gasteiger partial charge on any atom is -0.276 e. The molecule has 4 rings (SSSR count). The summed E-state index contributed by atoms with van der Waals surface area (Å²) in [4.78, 5) is 9.62. The van der Waals surface area contributed by atoms with Gasteiger partial charge in [0.25, 0.3) is 0 Å². The standard InChI is InChI=1S/C15H10N4S/c1-2-4-10(5-3-1)15-11-6-12(14-8-16-9-20-14)17-7-13(11)18-19-15/h1-9H,(H,18,19). The lowest BCUT2D eigenvalue weighted by molar-refractivity contribution is 1.12. The molecule has 0 spiro atoms. The lowest BCUT2D eigenvalue weighted by Gasteiger charge is -1.99. The van der Waals surface area contributed by atoms with Gasteiger partial charge in [-0.15, -0.1) is 11.3 Å². The molecule has 0 saturated carbocycles. The van der Waals surface area contributed by atoms with Crippen molar-refractivity contribution in [2.45, 2.75) is 0 Å². The molecule has 0 bridgehead atoms. The summed E-state index contributed by atoms with van der Waals surface area (Å²) in [5.41, 5.74) is 5.74. The number of aromatic amines is 1. The van der Waals surface area contributed by atoms with Crippen molar-refractivity contribution in [2.75, 3.05) is 0 Å². The van der Waals surface area contributed by atoms with Gasteiger partial charge in [0, 0.05) is 17.1 Å². The highest BCUT2D eigenvalue weighted by Crippen LogP contribution is 2.29. The zero-order valence-corrected chi connectivity index (χ0v) is 11.3. The molecule has 5 heteroatoms. The van der Waals surface area contributed by atoms with Crippen molar-refractivity contribution in [1.82, 2.24) is 20.2 Å². The first kappa shape index (κ1) is 11.3. The third-order valence-electron chi connectivity index (χ3n) is 3.18. The second-order valence-corrected chi connectivity index (χ2v) is 5.31. The fourth-order valence-electron chi connectivity index (χ4n) is 2.21. The summed E-state index contributed by atoms with van der Waals surface area (Å²) >= 11 is 1.58. The Balaban J connectivity index is 1.93. The Bertz CT molecular complexity index is 850. The van der Waals surface area contributed by atoms with Gasteiger partial charge in [-0.1, -0.05) is 30.3 Å². The van der Waals surface area contributed by atoms with E-state index in [4.69, 9.17) is 0 Å². The predicted octanol–water partition coefficient (Wildman–Crippen LogP) is 3.75. The number of pyridine rings is 1. The van der Waals surface area contributed by atoms with Gasteiger partial charge in [-0.2, -0.15) is 5.10 Å². The van der Waals surface area contributed by atoms with Crippen LogP contribution >= 0.6 is 11.3 Å². The van der Waals surface area contributed by atoms with Crippen molar-refractivity contribution < 1.29 is 0 Å². The summed E-state index contributed by atoms with van der Waals surface area (Å²) in [6.07, 6.45) is 3.66. The molecule has 4 nitrogen and oxygen atoms in total. The molecule has 1 N–H and O–H groups in total. The molecule has 0 fully saturated rings. The van der Waals surface area contributed by atoms with Crippen LogP contribution in [0.2, 0.25) is 0 Å². The minimum atomic E-state index is 0.929. The molecule has 0 aliphatic heterocycles. The molecule has 0 aliphatic rings. The molecule has 0 radical (unpaired) electrons. The number of hydrogen-bond donors (Lipinski definition) is 1. The number of benzene rings is 1. The number of aromatic nitrogens is 4. The number of nitrogens with zero attached hydrogens (tertiary/aromatic N) is 3. The SMILES string of the molecule is c1ccc(-c2n[nH]c3cnc(-c4cncs4)cc23)cc1. The Morgan fingerprint density at radius 2 is 1.95 bits per heavy atom. The van der Waals surface area contributed by atoms with Crippen LogP contribution in [-0.2, 0) is 0 Å². The van der Waals surface area contributed by atoms with Gasteiger partial charge in [-0.25, -0.2) is 0 Å². The smallest absolute Gasteiger partial charge is 0.100 e. The summed E-state index contributed by atoms with van der Waals surface area (Å²) in [6, 6.07) is 12.2. The number of thiazole rings is 1. The lowest BCUT2D eigenvalue weighted by atomic mass is 10.1. The molecule has 0 amide bonds. The van der Waals surface area contributed by atoms with E-state index in [9.17, 15) is 0 Å². The Kier molecular flexibility index (Phi) is 2.57. The van der Waals surface area contributed by atoms with E-state index < -0.39 is 0 Å². The normalized spacial score (nSPS) is 11.0. The average molecular weight is 278 g/mol. The summed E-state index contributed by atoms with van der Waals surface area (Å²) in [5, 5.41) is 8.52. The average Bonchev–Trinajstić information content (AvgIpc) is 3.17. The Morgan fingerprint density at radius 1 is 1.05 bits per heavy atom. The fourth-order valence-corrected chi connectivity index (χ4v) is 2.80. The molecule has 0 saturated heterocycles. The van der Waals surface area contributed by atoms with Crippen LogP contribution < -0.4 is 0 Å². The molecular weight excluding hydrogens is 268 g/mol. The van der Waals surface area contributed by atoms with Gasteiger partial charge in [0.2, 0.25) is 0 Å². The Labute approximate surface area is 119 Å². The maximum Gasteiger partial charge on any atom is 0.100 e. The van der Waals surface area contributed by atoms with Crippen molar-refractivity contribution in [3.8, 4) is 21.8 Å². The van der Waals surface area contributed by atoms with Crippen LogP contribution in [0.3, 0.4) is 0 Å². The van der Waals surface area contributed by atoms with Crippen LogP contribution in [0.25, 0.3) is 32.7 Å². The Morgan fingerprint density at radius 3 is 2.75 bits per heavy atom. The molecule has 0 aliphatic carbocycles.